The van der Waals surface area contributed by atoms with Crippen LogP contribution in [0.2, 0.25) is 0 Å². The van der Waals surface area contributed by atoms with Gasteiger partial charge in [0.2, 0.25) is 6.04 Å². The summed E-state index contributed by atoms with van der Waals surface area (Å²) in [7, 11) is 1.87. The number of halogens is 3. The van der Waals surface area contributed by atoms with Gasteiger partial charge in [-0.05, 0) is 29.3 Å². The van der Waals surface area contributed by atoms with Crippen LogP contribution in [-0.4, -0.2) is 61.0 Å². The Morgan fingerprint density at radius 3 is 2.69 bits per heavy atom. The van der Waals surface area contributed by atoms with Crippen LogP contribution in [0.4, 0.5) is 13.2 Å². The van der Waals surface area contributed by atoms with E-state index in [9.17, 15) is 18.0 Å². The third-order valence-electron chi connectivity index (χ3n) is 7.76. The number of hydrogen-bond donors (Lipinski definition) is 0. The monoisotopic (exact) mass is 537 g/mol. The van der Waals surface area contributed by atoms with Crippen molar-refractivity contribution in [1.29, 1.82) is 0 Å². The van der Waals surface area contributed by atoms with Crippen LogP contribution in [0.3, 0.4) is 0 Å². The van der Waals surface area contributed by atoms with Crippen LogP contribution in [-0.2, 0) is 36.3 Å². The predicted octanol–water partition coefficient (Wildman–Crippen LogP) is 3.24. The van der Waals surface area contributed by atoms with Gasteiger partial charge in [-0.1, -0.05) is 12.1 Å². The summed E-state index contributed by atoms with van der Waals surface area (Å²) in [5.74, 6) is 0.790. The Kier molecular flexibility index (Phi) is 6.08. The molecule has 0 radical (unpaired) electrons. The van der Waals surface area contributed by atoms with Gasteiger partial charge in [0.1, 0.15) is 12.2 Å². The van der Waals surface area contributed by atoms with Gasteiger partial charge in [0.15, 0.2) is 0 Å². The standard InChI is InChI=1S/C27H26F3N7O2/c1-31-20-6-7-35(13-20)11-18-8-22(27(28,29)30)23-14-36(25(38)37(23)12-18)21-5-3-4-19(9-21)26(15-39-16-26)10-24-33-32-17-34(24)2/h3-5,8-9,12,14,17,20H,6-7,10-11,13,15-16H2,2H3/t20-/m1/s1. The zero-order valence-electron chi connectivity index (χ0n) is 21.2. The largest absolute Gasteiger partial charge is 0.418 e. The number of aromatic nitrogens is 5. The first-order valence-electron chi connectivity index (χ1n) is 12.6. The van der Waals surface area contributed by atoms with Crippen molar-refractivity contribution in [2.45, 2.75) is 37.0 Å². The summed E-state index contributed by atoms with van der Waals surface area (Å²) in [6, 6.07) is 8.25. The number of fused-ring (bicyclic) bond motifs is 1. The van der Waals surface area contributed by atoms with E-state index in [0.717, 1.165) is 21.9 Å². The number of likely N-dealkylation sites (tertiary alicyclic amines) is 1. The highest BCUT2D eigenvalue weighted by Crippen LogP contribution is 2.37. The maximum Gasteiger partial charge on any atom is 0.418 e. The number of nitrogens with zero attached hydrogens (tertiary/aromatic N) is 7. The molecule has 0 saturated carbocycles. The number of rotatable bonds is 6. The molecule has 0 bridgehead atoms. The summed E-state index contributed by atoms with van der Waals surface area (Å²) < 4.78 is 52.2. The second kappa shape index (κ2) is 9.36. The van der Waals surface area contributed by atoms with E-state index in [1.165, 1.54) is 17.0 Å². The topological polar surface area (TPSA) is 73.9 Å². The predicted molar refractivity (Wildman–Crippen MR) is 135 cm³/mol. The van der Waals surface area contributed by atoms with Gasteiger partial charge in [-0.2, -0.15) is 13.2 Å². The Labute approximate surface area is 221 Å². The lowest BCUT2D eigenvalue weighted by Gasteiger charge is -2.41. The van der Waals surface area contributed by atoms with Crippen LogP contribution in [0.25, 0.3) is 16.0 Å². The van der Waals surface area contributed by atoms with E-state index in [1.54, 1.807) is 18.5 Å². The molecule has 12 heteroatoms. The molecular weight excluding hydrogens is 511 g/mol. The van der Waals surface area contributed by atoms with Crippen molar-refractivity contribution in [3.63, 3.8) is 0 Å². The molecule has 0 unspecified atom stereocenters. The number of pyridine rings is 1. The summed E-state index contributed by atoms with van der Waals surface area (Å²) in [6.45, 7) is 9.52. The van der Waals surface area contributed by atoms with Crippen LogP contribution in [0, 0.1) is 6.57 Å². The molecule has 1 atom stereocenters. The average molecular weight is 538 g/mol. The van der Waals surface area contributed by atoms with Crippen molar-refractivity contribution in [2.75, 3.05) is 26.3 Å². The van der Waals surface area contributed by atoms with Crippen molar-refractivity contribution in [3.05, 3.63) is 93.5 Å². The van der Waals surface area contributed by atoms with Gasteiger partial charge in [-0.15, -0.1) is 10.2 Å². The lowest BCUT2D eigenvalue weighted by molar-refractivity contribution is -0.136. The van der Waals surface area contributed by atoms with Crippen molar-refractivity contribution in [2.24, 2.45) is 7.05 Å². The summed E-state index contributed by atoms with van der Waals surface area (Å²) in [4.78, 5) is 19.0. The zero-order valence-corrected chi connectivity index (χ0v) is 21.2. The summed E-state index contributed by atoms with van der Waals surface area (Å²) >= 11 is 0. The zero-order chi connectivity index (χ0) is 27.4. The van der Waals surface area contributed by atoms with Gasteiger partial charge in [0.05, 0.1) is 36.5 Å². The fraction of sp³-hybridized carbons (Fsp3) is 0.407. The van der Waals surface area contributed by atoms with Crippen LogP contribution in [0.1, 0.15) is 28.9 Å². The van der Waals surface area contributed by atoms with Gasteiger partial charge in [0.25, 0.3) is 0 Å². The third-order valence-corrected chi connectivity index (χ3v) is 7.76. The molecule has 2 saturated heterocycles. The van der Waals surface area contributed by atoms with E-state index in [0.29, 0.717) is 50.4 Å². The van der Waals surface area contributed by atoms with Gasteiger partial charge >= 0.3 is 11.9 Å². The van der Waals surface area contributed by atoms with Gasteiger partial charge in [0, 0.05) is 50.8 Å². The van der Waals surface area contributed by atoms with E-state index in [2.05, 4.69) is 15.0 Å². The van der Waals surface area contributed by atoms with Crippen molar-refractivity contribution in [3.8, 4) is 5.69 Å². The summed E-state index contributed by atoms with van der Waals surface area (Å²) in [5.41, 5.74) is -0.258. The summed E-state index contributed by atoms with van der Waals surface area (Å²) in [5, 5.41) is 8.14. The van der Waals surface area contributed by atoms with Crippen molar-refractivity contribution >= 4 is 5.52 Å². The maximum atomic E-state index is 14.2. The van der Waals surface area contributed by atoms with Crippen molar-refractivity contribution < 1.29 is 17.9 Å². The molecule has 9 nitrogen and oxygen atoms in total. The molecule has 0 aliphatic carbocycles. The molecule has 39 heavy (non-hydrogen) atoms. The van der Waals surface area contributed by atoms with Crippen LogP contribution < -0.4 is 5.69 Å². The number of hydrogen-bond acceptors (Lipinski definition) is 5. The van der Waals surface area contributed by atoms with Gasteiger partial charge in [-0.3, -0.25) is 13.9 Å². The highest BCUT2D eigenvalue weighted by molar-refractivity contribution is 5.58. The molecule has 5 heterocycles. The third kappa shape index (κ3) is 4.51. The van der Waals surface area contributed by atoms with E-state index in [-0.39, 0.29) is 23.5 Å². The Hall–Kier alpha value is -3.95. The van der Waals surface area contributed by atoms with Crippen LogP contribution in [0.5, 0.6) is 0 Å². The maximum absolute atomic E-state index is 14.2. The van der Waals surface area contributed by atoms with Crippen LogP contribution in [0.15, 0.2) is 53.8 Å². The molecular formula is C27H26F3N7O2. The normalized spacial score (nSPS) is 19.3. The summed E-state index contributed by atoms with van der Waals surface area (Å²) in [6.07, 6.45) is 0.985. The molecule has 6 rings (SSSR count). The van der Waals surface area contributed by atoms with Gasteiger partial charge < -0.3 is 14.1 Å². The fourth-order valence-corrected chi connectivity index (χ4v) is 5.54. The Balaban J connectivity index is 1.39. The van der Waals surface area contributed by atoms with Crippen molar-refractivity contribution in [1.82, 2.24) is 28.6 Å². The fourth-order valence-electron chi connectivity index (χ4n) is 5.54. The number of aryl methyl sites for hydroxylation is 1. The Morgan fingerprint density at radius 2 is 2.05 bits per heavy atom. The second-order valence-electron chi connectivity index (χ2n) is 10.5. The van der Waals surface area contributed by atoms with E-state index < -0.39 is 17.4 Å². The molecule has 4 aromatic rings. The van der Waals surface area contributed by atoms with E-state index >= 15 is 0 Å². The highest BCUT2D eigenvalue weighted by atomic mass is 19.4. The minimum absolute atomic E-state index is 0.148. The SMILES string of the molecule is [C-]#[N+][C@@H]1CCN(Cc2cc(C(F)(F)F)c3cn(-c4cccc(C5(Cc6nncn6C)COC5)c4)c(=O)n3c2)C1. The quantitative estimate of drug-likeness (QED) is 0.353. The molecule has 0 amide bonds. The molecule has 2 fully saturated rings. The van der Waals surface area contributed by atoms with Crippen LogP contribution >= 0.6 is 0 Å². The lowest BCUT2D eigenvalue weighted by Crippen LogP contribution is -2.49. The minimum atomic E-state index is -4.64. The number of alkyl halides is 3. The Bertz CT molecular complexity index is 1640. The van der Waals surface area contributed by atoms with E-state index in [4.69, 9.17) is 11.3 Å². The molecule has 3 aromatic heterocycles. The number of imidazole rings is 1. The first-order valence-corrected chi connectivity index (χ1v) is 12.6. The first-order chi connectivity index (χ1) is 18.7. The Morgan fingerprint density at radius 1 is 1.23 bits per heavy atom. The molecule has 202 valence electrons. The minimum Gasteiger partial charge on any atom is -0.379 e. The number of ether oxygens (including phenoxy) is 1. The average Bonchev–Trinajstić information content (AvgIpc) is 3.60. The lowest BCUT2D eigenvalue weighted by atomic mass is 9.75. The molecule has 0 spiro atoms. The van der Waals surface area contributed by atoms with E-state index in [1.807, 2.05) is 28.6 Å². The molecule has 2 aliphatic heterocycles. The first kappa shape index (κ1) is 25.3. The highest BCUT2D eigenvalue weighted by Gasteiger charge is 2.42. The smallest absolute Gasteiger partial charge is 0.379 e. The molecule has 2 aliphatic rings. The second-order valence-corrected chi connectivity index (χ2v) is 10.5. The number of benzene rings is 1. The molecule has 0 N–H and O–H groups in total. The molecule has 1 aromatic carbocycles. The van der Waals surface area contributed by atoms with Gasteiger partial charge in [-0.25, -0.2) is 11.4 Å².